The molecule has 1 aliphatic carbocycles. The van der Waals surface area contributed by atoms with Gasteiger partial charge in [0, 0.05) is 18.6 Å². The molecule has 2 aliphatic rings. The molecular formula is C15H30N2O. The molecule has 106 valence electrons. The Hall–Kier alpha value is -0.120. The van der Waals surface area contributed by atoms with Crippen LogP contribution in [-0.2, 0) is 4.74 Å². The van der Waals surface area contributed by atoms with E-state index in [1.807, 2.05) is 0 Å². The highest BCUT2D eigenvalue weighted by Crippen LogP contribution is 2.29. The highest BCUT2D eigenvalue weighted by Gasteiger charge is 2.35. The van der Waals surface area contributed by atoms with Crippen molar-refractivity contribution in [2.75, 3.05) is 26.2 Å². The smallest absolute Gasteiger partial charge is 0.0730 e. The minimum absolute atomic E-state index is 0.550. The number of hydrogen-bond acceptors (Lipinski definition) is 3. The van der Waals surface area contributed by atoms with Gasteiger partial charge in [-0.2, -0.15) is 0 Å². The van der Waals surface area contributed by atoms with E-state index in [-0.39, 0.29) is 0 Å². The van der Waals surface area contributed by atoms with Crippen molar-refractivity contribution in [3.05, 3.63) is 0 Å². The van der Waals surface area contributed by atoms with Crippen LogP contribution in [0.2, 0.25) is 0 Å². The van der Waals surface area contributed by atoms with Crippen LogP contribution in [0.5, 0.6) is 0 Å². The first-order valence-corrected chi connectivity index (χ1v) is 7.94. The van der Waals surface area contributed by atoms with Gasteiger partial charge in [0.05, 0.1) is 12.7 Å². The molecule has 1 heterocycles. The van der Waals surface area contributed by atoms with Gasteiger partial charge in [-0.1, -0.05) is 13.8 Å². The summed E-state index contributed by atoms with van der Waals surface area (Å²) in [5.74, 6) is 0. The zero-order valence-electron chi connectivity index (χ0n) is 12.2. The molecule has 18 heavy (non-hydrogen) atoms. The second kappa shape index (κ2) is 7.46. The molecule has 3 nitrogen and oxygen atoms in total. The topological polar surface area (TPSA) is 24.5 Å². The van der Waals surface area contributed by atoms with E-state index in [1.165, 1.54) is 45.1 Å². The molecule has 0 spiro atoms. The fourth-order valence-corrected chi connectivity index (χ4v) is 3.56. The number of nitrogens with zero attached hydrogens (tertiary/aromatic N) is 1. The van der Waals surface area contributed by atoms with Crippen molar-refractivity contribution in [3.63, 3.8) is 0 Å². The summed E-state index contributed by atoms with van der Waals surface area (Å²) < 4.78 is 5.87. The van der Waals surface area contributed by atoms with Gasteiger partial charge >= 0.3 is 0 Å². The third-order valence-electron chi connectivity index (χ3n) is 4.58. The van der Waals surface area contributed by atoms with E-state index < -0.39 is 0 Å². The van der Waals surface area contributed by atoms with E-state index in [0.717, 1.165) is 31.8 Å². The fraction of sp³-hybridized carbons (Fsp3) is 1.00. The van der Waals surface area contributed by atoms with Crippen molar-refractivity contribution < 1.29 is 4.74 Å². The van der Waals surface area contributed by atoms with Crippen LogP contribution >= 0.6 is 0 Å². The van der Waals surface area contributed by atoms with Gasteiger partial charge in [0.2, 0.25) is 0 Å². The predicted octanol–water partition coefficient (Wildman–Crippen LogP) is 2.41. The standard InChI is InChI=1S/C15H30N2O/c1-3-13(16-4-2)7-6-10-17-11-12-18-15-9-5-8-14(15)17/h13-16H,3-12H2,1-2H3. The predicted molar refractivity (Wildman–Crippen MR) is 75.9 cm³/mol. The largest absolute Gasteiger partial charge is 0.375 e. The zero-order valence-corrected chi connectivity index (χ0v) is 12.2. The highest BCUT2D eigenvalue weighted by atomic mass is 16.5. The molecule has 2 rings (SSSR count). The Morgan fingerprint density at radius 3 is 3.00 bits per heavy atom. The summed E-state index contributed by atoms with van der Waals surface area (Å²) in [6.07, 6.45) is 8.46. The van der Waals surface area contributed by atoms with Crippen molar-refractivity contribution in [3.8, 4) is 0 Å². The fourth-order valence-electron chi connectivity index (χ4n) is 3.56. The summed E-state index contributed by atoms with van der Waals surface area (Å²) in [6, 6.07) is 1.45. The van der Waals surface area contributed by atoms with Crippen molar-refractivity contribution >= 4 is 0 Å². The van der Waals surface area contributed by atoms with Crippen molar-refractivity contribution in [1.82, 2.24) is 10.2 Å². The third-order valence-corrected chi connectivity index (χ3v) is 4.58. The van der Waals surface area contributed by atoms with Gasteiger partial charge in [0.15, 0.2) is 0 Å². The molecule has 0 bridgehead atoms. The van der Waals surface area contributed by atoms with E-state index in [2.05, 4.69) is 24.1 Å². The minimum Gasteiger partial charge on any atom is -0.375 e. The highest BCUT2D eigenvalue weighted by molar-refractivity contribution is 4.89. The summed E-state index contributed by atoms with van der Waals surface area (Å²) in [6.45, 7) is 8.96. The van der Waals surface area contributed by atoms with Crippen LogP contribution in [-0.4, -0.2) is 49.3 Å². The molecule has 0 amide bonds. The Morgan fingerprint density at radius 1 is 1.33 bits per heavy atom. The molecule has 0 aromatic rings. The van der Waals surface area contributed by atoms with E-state index in [0.29, 0.717) is 6.10 Å². The van der Waals surface area contributed by atoms with Gasteiger partial charge in [0.25, 0.3) is 0 Å². The first-order valence-electron chi connectivity index (χ1n) is 7.94. The molecular weight excluding hydrogens is 224 g/mol. The van der Waals surface area contributed by atoms with Crippen LogP contribution in [0.3, 0.4) is 0 Å². The lowest BCUT2D eigenvalue weighted by Crippen LogP contribution is -2.48. The summed E-state index contributed by atoms with van der Waals surface area (Å²) >= 11 is 0. The number of morpholine rings is 1. The van der Waals surface area contributed by atoms with Crippen LogP contribution in [0, 0.1) is 0 Å². The minimum atomic E-state index is 0.550. The Bertz CT molecular complexity index is 235. The molecule has 3 atom stereocenters. The Balaban J connectivity index is 1.69. The van der Waals surface area contributed by atoms with Crippen LogP contribution in [0.1, 0.15) is 52.4 Å². The maximum absolute atomic E-state index is 5.87. The summed E-state index contributed by atoms with van der Waals surface area (Å²) in [5.41, 5.74) is 0. The maximum atomic E-state index is 5.87. The monoisotopic (exact) mass is 254 g/mol. The van der Waals surface area contributed by atoms with E-state index in [9.17, 15) is 0 Å². The molecule has 3 unspecified atom stereocenters. The molecule has 1 N–H and O–H groups in total. The molecule has 2 fully saturated rings. The van der Waals surface area contributed by atoms with Gasteiger partial charge in [-0.3, -0.25) is 4.90 Å². The van der Waals surface area contributed by atoms with Gasteiger partial charge in [0.1, 0.15) is 0 Å². The van der Waals surface area contributed by atoms with E-state index >= 15 is 0 Å². The number of rotatable bonds is 7. The van der Waals surface area contributed by atoms with Crippen LogP contribution in [0.25, 0.3) is 0 Å². The number of nitrogens with one attached hydrogen (secondary N) is 1. The first kappa shape index (κ1) is 14.3. The molecule has 1 saturated heterocycles. The van der Waals surface area contributed by atoms with Crippen LogP contribution < -0.4 is 5.32 Å². The number of fused-ring (bicyclic) bond motifs is 1. The molecule has 1 saturated carbocycles. The zero-order chi connectivity index (χ0) is 12.8. The molecule has 1 aliphatic heterocycles. The maximum Gasteiger partial charge on any atom is 0.0730 e. The van der Waals surface area contributed by atoms with Gasteiger partial charge < -0.3 is 10.1 Å². The number of hydrogen-bond donors (Lipinski definition) is 1. The van der Waals surface area contributed by atoms with Crippen LogP contribution in [0.15, 0.2) is 0 Å². The average Bonchev–Trinajstić information content (AvgIpc) is 2.86. The number of ether oxygens (including phenoxy) is 1. The SMILES string of the molecule is CCNC(CC)CCCN1CCOC2CCCC21. The lowest BCUT2D eigenvalue weighted by Gasteiger charge is -2.37. The summed E-state index contributed by atoms with van der Waals surface area (Å²) in [5, 5.41) is 3.57. The second-order valence-electron chi connectivity index (χ2n) is 5.75. The normalized spacial score (nSPS) is 30.3. The van der Waals surface area contributed by atoms with Crippen molar-refractivity contribution in [1.29, 1.82) is 0 Å². The Kier molecular flexibility index (Phi) is 5.93. The van der Waals surface area contributed by atoms with Crippen molar-refractivity contribution in [2.45, 2.75) is 70.6 Å². The third kappa shape index (κ3) is 3.69. The van der Waals surface area contributed by atoms with Gasteiger partial charge in [-0.15, -0.1) is 0 Å². The van der Waals surface area contributed by atoms with E-state index in [4.69, 9.17) is 4.74 Å². The molecule has 0 aromatic heterocycles. The van der Waals surface area contributed by atoms with Crippen LogP contribution in [0.4, 0.5) is 0 Å². The second-order valence-corrected chi connectivity index (χ2v) is 5.75. The molecule has 3 heteroatoms. The molecule has 0 aromatic carbocycles. The lowest BCUT2D eigenvalue weighted by atomic mass is 10.1. The van der Waals surface area contributed by atoms with Crippen molar-refractivity contribution in [2.24, 2.45) is 0 Å². The first-order chi connectivity index (χ1) is 8.85. The van der Waals surface area contributed by atoms with Gasteiger partial charge in [-0.05, 0) is 51.6 Å². The quantitative estimate of drug-likeness (QED) is 0.755. The van der Waals surface area contributed by atoms with E-state index in [1.54, 1.807) is 0 Å². The Labute approximate surface area is 112 Å². The lowest BCUT2D eigenvalue weighted by molar-refractivity contribution is -0.0559. The average molecular weight is 254 g/mol. The Morgan fingerprint density at radius 2 is 2.22 bits per heavy atom. The molecule has 0 radical (unpaired) electrons. The summed E-state index contributed by atoms with van der Waals surface area (Å²) in [7, 11) is 0. The van der Waals surface area contributed by atoms with Gasteiger partial charge in [-0.25, -0.2) is 0 Å². The summed E-state index contributed by atoms with van der Waals surface area (Å²) in [4.78, 5) is 2.69.